The van der Waals surface area contributed by atoms with Crippen LogP contribution in [0.4, 0.5) is 0 Å². The third-order valence-corrected chi connectivity index (χ3v) is 2.82. The normalized spacial score (nSPS) is 11.7. The highest BCUT2D eigenvalue weighted by Crippen LogP contribution is 1.98. The van der Waals surface area contributed by atoms with Crippen LogP contribution in [0.5, 0.6) is 0 Å². The Kier molecular flexibility index (Phi) is 3.79. The molecule has 1 heterocycles. The Morgan fingerprint density at radius 2 is 2.27 bits per heavy atom. The predicted octanol–water partition coefficient (Wildman–Crippen LogP) is 0.548. The van der Waals surface area contributed by atoms with E-state index in [1.54, 1.807) is 0 Å². The molecule has 0 aliphatic rings. The van der Waals surface area contributed by atoms with E-state index >= 15 is 0 Å². The number of hydrogen-bond donors (Lipinski definition) is 1. The van der Waals surface area contributed by atoms with Crippen LogP contribution in [0.1, 0.15) is 23.5 Å². The molecule has 0 aliphatic carbocycles. The number of carbonyl (C=O) groups is 1. The quantitative estimate of drug-likeness (QED) is 0.821. The Balaban J connectivity index is 3.53. The van der Waals surface area contributed by atoms with Gasteiger partial charge in [0.1, 0.15) is 4.88 Å². The van der Waals surface area contributed by atoms with Gasteiger partial charge in [-0.25, -0.2) is 4.79 Å². The molecule has 0 radical (unpaired) electrons. The fraction of sp³-hybridized carbons (Fsp3) is 0.444. The summed E-state index contributed by atoms with van der Waals surface area (Å²) in [6.45, 7) is 4.68. The summed E-state index contributed by atoms with van der Waals surface area (Å²) in [7, 11) is 0. The predicted molar refractivity (Wildman–Crippen MR) is 57.3 cm³/mol. The summed E-state index contributed by atoms with van der Waals surface area (Å²) >= 11 is 1.02. The molecule has 1 rings (SSSR count). The third-order valence-electron chi connectivity index (χ3n) is 1.77. The summed E-state index contributed by atoms with van der Waals surface area (Å²) in [4.78, 5) is 26.8. The van der Waals surface area contributed by atoms with Crippen molar-refractivity contribution in [3.63, 3.8) is 0 Å². The Labute approximate surface area is 90.3 Å². The molecule has 15 heavy (non-hydrogen) atoms. The maximum Gasteiger partial charge on any atom is 0.346 e. The summed E-state index contributed by atoms with van der Waals surface area (Å²) in [6, 6.07) is 1.13. The maximum absolute atomic E-state index is 11.5. The van der Waals surface area contributed by atoms with E-state index in [2.05, 4.69) is 4.99 Å². The van der Waals surface area contributed by atoms with Crippen molar-refractivity contribution in [3.05, 3.63) is 26.1 Å². The lowest BCUT2D eigenvalue weighted by molar-refractivity contribution is 0.0701. The van der Waals surface area contributed by atoms with Crippen LogP contribution in [0.3, 0.4) is 0 Å². The van der Waals surface area contributed by atoms with Gasteiger partial charge in [-0.2, -0.15) is 0 Å². The Morgan fingerprint density at radius 3 is 2.73 bits per heavy atom. The molecular formula is C9H12N2O3S. The van der Waals surface area contributed by atoms with Crippen LogP contribution in [-0.2, 0) is 6.54 Å². The fourth-order valence-corrected chi connectivity index (χ4v) is 2.08. The molecule has 6 heteroatoms. The smallest absolute Gasteiger partial charge is 0.346 e. The van der Waals surface area contributed by atoms with Gasteiger partial charge in [0.15, 0.2) is 4.80 Å². The van der Waals surface area contributed by atoms with Crippen molar-refractivity contribution in [2.45, 2.75) is 20.4 Å². The largest absolute Gasteiger partial charge is 0.477 e. The highest BCUT2D eigenvalue weighted by molar-refractivity contribution is 7.10. The van der Waals surface area contributed by atoms with Gasteiger partial charge in [-0.1, -0.05) is 11.3 Å². The van der Waals surface area contributed by atoms with Crippen molar-refractivity contribution in [1.82, 2.24) is 4.57 Å². The van der Waals surface area contributed by atoms with Gasteiger partial charge in [-0.05, 0) is 13.8 Å². The first-order chi connectivity index (χ1) is 7.10. The zero-order valence-electron chi connectivity index (χ0n) is 8.56. The molecule has 1 N–H and O–H groups in total. The monoisotopic (exact) mass is 228 g/mol. The lowest BCUT2D eigenvalue weighted by atomic mass is 10.5. The molecule has 5 nitrogen and oxygen atoms in total. The van der Waals surface area contributed by atoms with E-state index in [0.29, 0.717) is 17.9 Å². The number of carboxylic acids is 1. The SMILES string of the molecule is CCN=c1sc(C(=O)O)cc(=O)n1CC. The highest BCUT2D eigenvalue weighted by atomic mass is 32.1. The summed E-state index contributed by atoms with van der Waals surface area (Å²) in [6.07, 6.45) is 0. The van der Waals surface area contributed by atoms with Crippen molar-refractivity contribution in [2.75, 3.05) is 6.54 Å². The standard InChI is InChI=1S/C9H12N2O3S/c1-3-10-9-11(4-2)7(12)5-6(15-9)8(13)14/h5H,3-4H2,1-2H3,(H,13,14). The first-order valence-electron chi connectivity index (χ1n) is 4.58. The molecule has 0 atom stereocenters. The van der Waals surface area contributed by atoms with Crippen LogP contribution in [0.2, 0.25) is 0 Å². The van der Waals surface area contributed by atoms with Gasteiger partial charge in [0, 0.05) is 19.2 Å². The van der Waals surface area contributed by atoms with Gasteiger partial charge in [0.2, 0.25) is 0 Å². The Hall–Kier alpha value is -1.43. The second-order valence-corrected chi connectivity index (χ2v) is 3.76. The molecule has 0 aromatic carbocycles. The van der Waals surface area contributed by atoms with E-state index in [9.17, 15) is 9.59 Å². The summed E-state index contributed by atoms with van der Waals surface area (Å²) in [5, 5.41) is 8.79. The van der Waals surface area contributed by atoms with Gasteiger partial charge in [0.05, 0.1) is 0 Å². The number of nitrogens with zero attached hydrogens (tertiary/aromatic N) is 2. The van der Waals surface area contributed by atoms with Crippen molar-refractivity contribution in [1.29, 1.82) is 0 Å². The second-order valence-electron chi connectivity index (χ2n) is 2.76. The zero-order chi connectivity index (χ0) is 11.4. The number of carboxylic acid groups (broad SMARTS) is 1. The minimum Gasteiger partial charge on any atom is -0.477 e. The molecule has 0 bridgehead atoms. The summed E-state index contributed by atoms with van der Waals surface area (Å²) in [5.41, 5.74) is -0.319. The van der Waals surface area contributed by atoms with E-state index in [1.807, 2.05) is 13.8 Å². The topological polar surface area (TPSA) is 71.7 Å². The summed E-state index contributed by atoms with van der Waals surface area (Å²) < 4.78 is 1.46. The summed E-state index contributed by atoms with van der Waals surface area (Å²) in [5.74, 6) is -1.09. The number of aromatic nitrogens is 1. The molecule has 0 aliphatic heterocycles. The van der Waals surface area contributed by atoms with Crippen molar-refractivity contribution < 1.29 is 9.90 Å². The fourth-order valence-electron chi connectivity index (χ4n) is 1.12. The van der Waals surface area contributed by atoms with Gasteiger partial charge in [-0.15, -0.1) is 0 Å². The first kappa shape index (κ1) is 11.6. The van der Waals surface area contributed by atoms with Crippen molar-refractivity contribution in [3.8, 4) is 0 Å². The molecule has 0 amide bonds. The first-order valence-corrected chi connectivity index (χ1v) is 5.40. The maximum atomic E-state index is 11.5. The number of hydrogen-bond acceptors (Lipinski definition) is 4. The highest BCUT2D eigenvalue weighted by Gasteiger charge is 2.07. The molecule has 0 fully saturated rings. The third kappa shape index (κ3) is 2.53. The van der Waals surface area contributed by atoms with Gasteiger partial charge >= 0.3 is 5.97 Å². The zero-order valence-corrected chi connectivity index (χ0v) is 9.37. The van der Waals surface area contributed by atoms with Crippen LogP contribution < -0.4 is 10.4 Å². The van der Waals surface area contributed by atoms with Gasteiger partial charge in [0.25, 0.3) is 5.56 Å². The molecule has 0 unspecified atom stereocenters. The van der Waals surface area contributed by atoms with Crippen LogP contribution in [0.25, 0.3) is 0 Å². The molecule has 1 aromatic rings. The number of rotatable bonds is 3. The van der Waals surface area contributed by atoms with Gasteiger partial charge in [-0.3, -0.25) is 14.4 Å². The lowest BCUT2D eigenvalue weighted by Crippen LogP contribution is -2.31. The van der Waals surface area contributed by atoms with E-state index in [-0.39, 0.29) is 10.4 Å². The molecular weight excluding hydrogens is 216 g/mol. The van der Waals surface area contributed by atoms with Crippen molar-refractivity contribution >= 4 is 17.3 Å². The van der Waals surface area contributed by atoms with Crippen LogP contribution in [-0.4, -0.2) is 22.2 Å². The van der Waals surface area contributed by atoms with Crippen LogP contribution in [0.15, 0.2) is 15.9 Å². The molecule has 0 spiro atoms. The number of aromatic carboxylic acids is 1. The molecule has 0 saturated carbocycles. The second kappa shape index (κ2) is 4.88. The van der Waals surface area contributed by atoms with E-state index in [1.165, 1.54) is 4.57 Å². The van der Waals surface area contributed by atoms with Crippen LogP contribution in [0, 0.1) is 0 Å². The lowest BCUT2D eigenvalue weighted by Gasteiger charge is -2.02. The average molecular weight is 228 g/mol. The van der Waals surface area contributed by atoms with Gasteiger partial charge < -0.3 is 5.11 Å². The average Bonchev–Trinajstić information content (AvgIpc) is 2.17. The minimum absolute atomic E-state index is 0.0249. The molecule has 1 aromatic heterocycles. The molecule has 82 valence electrons. The van der Waals surface area contributed by atoms with E-state index < -0.39 is 5.97 Å². The van der Waals surface area contributed by atoms with E-state index in [0.717, 1.165) is 17.4 Å². The van der Waals surface area contributed by atoms with Crippen molar-refractivity contribution in [2.24, 2.45) is 4.99 Å². The Bertz CT molecular complexity index is 487. The molecule has 0 saturated heterocycles. The van der Waals surface area contributed by atoms with E-state index in [4.69, 9.17) is 5.11 Å². The Morgan fingerprint density at radius 1 is 1.60 bits per heavy atom. The van der Waals surface area contributed by atoms with Crippen LogP contribution >= 0.6 is 11.3 Å². The minimum atomic E-state index is -1.09.